The molecule has 1 fully saturated rings. The Hall–Kier alpha value is -3.87. The molecule has 1 heterocycles. The second-order valence-electron chi connectivity index (χ2n) is 8.18. The lowest BCUT2D eigenvalue weighted by atomic mass is 10.1. The summed E-state index contributed by atoms with van der Waals surface area (Å²) in [5, 5.41) is 8.53. The van der Waals surface area contributed by atoms with Crippen LogP contribution in [0, 0.1) is 12.7 Å². The first-order chi connectivity index (χ1) is 16.0. The SMILES string of the molecule is Cc1cccc(NC(=O)Nc2ccc(N3CCCC3)c(C(=O)NCc3ccc(F)cc3)c2)c1. The lowest BCUT2D eigenvalue weighted by Gasteiger charge is -2.22. The Kier molecular flexibility index (Phi) is 6.88. The molecule has 1 saturated heterocycles. The minimum atomic E-state index is -0.382. The predicted molar refractivity (Wildman–Crippen MR) is 129 cm³/mol. The highest BCUT2D eigenvalue weighted by Crippen LogP contribution is 2.28. The monoisotopic (exact) mass is 446 g/mol. The fourth-order valence-electron chi connectivity index (χ4n) is 3.93. The molecule has 7 heteroatoms. The van der Waals surface area contributed by atoms with Crippen LogP contribution in [0.2, 0.25) is 0 Å². The average Bonchev–Trinajstić information content (AvgIpc) is 3.33. The third-order valence-electron chi connectivity index (χ3n) is 5.59. The van der Waals surface area contributed by atoms with Crippen molar-refractivity contribution in [2.45, 2.75) is 26.3 Å². The van der Waals surface area contributed by atoms with E-state index in [-0.39, 0.29) is 24.3 Å². The number of halogens is 1. The molecule has 0 unspecified atom stereocenters. The summed E-state index contributed by atoms with van der Waals surface area (Å²) in [5.74, 6) is -0.562. The number of anilines is 3. The number of amides is 3. The highest BCUT2D eigenvalue weighted by molar-refractivity contribution is 6.04. The van der Waals surface area contributed by atoms with Gasteiger partial charge in [0.05, 0.1) is 5.56 Å². The van der Waals surface area contributed by atoms with Crippen molar-refractivity contribution in [1.29, 1.82) is 0 Å². The van der Waals surface area contributed by atoms with E-state index < -0.39 is 0 Å². The molecule has 0 atom stereocenters. The normalized spacial score (nSPS) is 13.0. The predicted octanol–water partition coefficient (Wildman–Crippen LogP) is 5.31. The summed E-state index contributed by atoms with van der Waals surface area (Å²) >= 11 is 0. The molecule has 0 saturated carbocycles. The number of rotatable bonds is 6. The molecule has 1 aliphatic heterocycles. The molecule has 3 N–H and O–H groups in total. The molecule has 3 amide bonds. The number of hydrogen-bond acceptors (Lipinski definition) is 3. The Morgan fingerprint density at radius 1 is 0.909 bits per heavy atom. The Morgan fingerprint density at radius 2 is 1.61 bits per heavy atom. The molecular formula is C26H27FN4O2. The molecule has 6 nitrogen and oxygen atoms in total. The van der Waals surface area contributed by atoms with Crippen molar-refractivity contribution >= 4 is 29.0 Å². The van der Waals surface area contributed by atoms with Crippen LogP contribution in [0.5, 0.6) is 0 Å². The van der Waals surface area contributed by atoms with Crippen molar-refractivity contribution in [2.75, 3.05) is 28.6 Å². The van der Waals surface area contributed by atoms with E-state index in [1.54, 1.807) is 24.3 Å². The maximum atomic E-state index is 13.1. The van der Waals surface area contributed by atoms with Crippen LogP contribution in [0.15, 0.2) is 66.7 Å². The van der Waals surface area contributed by atoms with Gasteiger partial charge in [-0.3, -0.25) is 4.79 Å². The minimum Gasteiger partial charge on any atom is -0.371 e. The summed E-state index contributed by atoms with van der Waals surface area (Å²) in [5.41, 5.74) is 4.40. The number of carbonyl (C=O) groups excluding carboxylic acids is 2. The molecule has 0 spiro atoms. The van der Waals surface area contributed by atoms with Crippen molar-refractivity contribution in [3.05, 3.63) is 89.2 Å². The van der Waals surface area contributed by atoms with E-state index in [0.29, 0.717) is 16.9 Å². The van der Waals surface area contributed by atoms with E-state index in [1.165, 1.54) is 12.1 Å². The standard InChI is InChI=1S/C26H27FN4O2/c1-18-5-4-6-21(15-18)29-26(33)30-22-11-12-24(31-13-2-3-14-31)23(16-22)25(32)28-17-19-7-9-20(27)10-8-19/h4-12,15-16H,2-3,13-14,17H2,1H3,(H,28,32)(H2,29,30,33). The maximum absolute atomic E-state index is 13.1. The van der Waals surface area contributed by atoms with Crippen LogP contribution in [0.4, 0.5) is 26.2 Å². The minimum absolute atomic E-state index is 0.246. The highest BCUT2D eigenvalue weighted by Gasteiger charge is 2.20. The van der Waals surface area contributed by atoms with E-state index in [1.807, 2.05) is 37.3 Å². The zero-order chi connectivity index (χ0) is 23.2. The van der Waals surface area contributed by atoms with Crippen molar-refractivity contribution in [3.63, 3.8) is 0 Å². The summed E-state index contributed by atoms with van der Waals surface area (Å²) in [6.07, 6.45) is 2.16. The average molecular weight is 447 g/mol. The largest absolute Gasteiger partial charge is 0.371 e. The molecule has 3 aromatic rings. The van der Waals surface area contributed by atoms with Gasteiger partial charge in [-0.2, -0.15) is 0 Å². The van der Waals surface area contributed by atoms with Gasteiger partial charge in [-0.15, -0.1) is 0 Å². The van der Waals surface area contributed by atoms with Crippen LogP contribution in [-0.4, -0.2) is 25.0 Å². The summed E-state index contributed by atoms with van der Waals surface area (Å²) in [6, 6.07) is 18.5. The molecule has 0 aromatic heterocycles. The Balaban J connectivity index is 1.50. The first-order valence-electron chi connectivity index (χ1n) is 11.0. The van der Waals surface area contributed by atoms with Crippen LogP contribution >= 0.6 is 0 Å². The summed E-state index contributed by atoms with van der Waals surface area (Å²) < 4.78 is 13.1. The van der Waals surface area contributed by atoms with Crippen LogP contribution in [0.3, 0.4) is 0 Å². The summed E-state index contributed by atoms with van der Waals surface area (Å²) in [7, 11) is 0. The molecule has 0 bridgehead atoms. The highest BCUT2D eigenvalue weighted by atomic mass is 19.1. The fourth-order valence-corrected chi connectivity index (χ4v) is 3.93. The van der Waals surface area contributed by atoms with Crippen LogP contribution in [0.1, 0.15) is 34.3 Å². The molecule has 1 aliphatic rings. The van der Waals surface area contributed by atoms with Gasteiger partial charge in [0.25, 0.3) is 5.91 Å². The smallest absolute Gasteiger partial charge is 0.323 e. The summed E-state index contributed by atoms with van der Waals surface area (Å²) in [6.45, 7) is 4.01. The van der Waals surface area contributed by atoms with Crippen molar-refractivity contribution in [2.24, 2.45) is 0 Å². The number of hydrogen-bond donors (Lipinski definition) is 3. The Labute approximate surface area is 192 Å². The lowest BCUT2D eigenvalue weighted by Crippen LogP contribution is -2.27. The molecule has 0 aliphatic carbocycles. The molecule has 3 aromatic carbocycles. The number of carbonyl (C=O) groups is 2. The van der Waals surface area contributed by atoms with Crippen molar-refractivity contribution in [1.82, 2.24) is 5.32 Å². The van der Waals surface area contributed by atoms with Crippen LogP contribution in [0.25, 0.3) is 0 Å². The number of urea groups is 1. The van der Waals surface area contributed by atoms with Gasteiger partial charge in [-0.25, -0.2) is 9.18 Å². The molecule has 170 valence electrons. The van der Waals surface area contributed by atoms with Gasteiger partial charge >= 0.3 is 6.03 Å². The van der Waals surface area contributed by atoms with Crippen LogP contribution in [-0.2, 0) is 6.54 Å². The van der Waals surface area contributed by atoms with Gasteiger partial charge in [-0.1, -0.05) is 24.3 Å². The van der Waals surface area contributed by atoms with Gasteiger partial charge in [0.1, 0.15) is 5.82 Å². The summed E-state index contributed by atoms with van der Waals surface area (Å²) in [4.78, 5) is 27.8. The lowest BCUT2D eigenvalue weighted by molar-refractivity contribution is 0.0951. The van der Waals surface area contributed by atoms with E-state index in [2.05, 4.69) is 20.9 Å². The molecule has 33 heavy (non-hydrogen) atoms. The third-order valence-corrected chi connectivity index (χ3v) is 5.59. The maximum Gasteiger partial charge on any atom is 0.323 e. The second-order valence-corrected chi connectivity index (χ2v) is 8.18. The third kappa shape index (κ3) is 5.88. The Morgan fingerprint density at radius 3 is 2.30 bits per heavy atom. The van der Waals surface area contributed by atoms with E-state index in [0.717, 1.165) is 42.7 Å². The molecular weight excluding hydrogens is 419 g/mol. The van der Waals surface area contributed by atoms with Crippen molar-refractivity contribution < 1.29 is 14.0 Å². The number of aryl methyl sites for hydroxylation is 1. The second kappa shape index (κ2) is 10.2. The van der Waals surface area contributed by atoms with Crippen molar-refractivity contribution in [3.8, 4) is 0 Å². The van der Waals surface area contributed by atoms with Gasteiger partial charge in [0.2, 0.25) is 0 Å². The number of benzene rings is 3. The quantitative estimate of drug-likeness (QED) is 0.481. The first kappa shape index (κ1) is 22.3. The van der Waals surface area contributed by atoms with E-state index in [9.17, 15) is 14.0 Å². The molecule has 4 rings (SSSR count). The van der Waals surface area contributed by atoms with Gasteiger partial charge < -0.3 is 20.9 Å². The van der Waals surface area contributed by atoms with Gasteiger partial charge in [-0.05, 0) is 73.4 Å². The van der Waals surface area contributed by atoms with E-state index in [4.69, 9.17) is 0 Å². The topological polar surface area (TPSA) is 73.5 Å². The van der Waals surface area contributed by atoms with Crippen LogP contribution < -0.4 is 20.9 Å². The van der Waals surface area contributed by atoms with E-state index >= 15 is 0 Å². The Bertz CT molecular complexity index is 1140. The number of nitrogens with zero attached hydrogens (tertiary/aromatic N) is 1. The first-order valence-corrected chi connectivity index (χ1v) is 11.0. The van der Waals surface area contributed by atoms with Gasteiger partial charge in [0.15, 0.2) is 0 Å². The number of nitrogens with one attached hydrogen (secondary N) is 3. The molecule has 0 radical (unpaired) electrons. The zero-order valence-electron chi connectivity index (χ0n) is 18.5. The zero-order valence-corrected chi connectivity index (χ0v) is 18.5. The fraction of sp³-hybridized carbons (Fsp3) is 0.231. The van der Waals surface area contributed by atoms with Gasteiger partial charge in [0, 0.05) is 36.7 Å².